The molecule has 0 radical (unpaired) electrons. The number of benzene rings is 1. The molecule has 0 aliphatic heterocycles. The molecule has 0 fully saturated rings. The fourth-order valence-corrected chi connectivity index (χ4v) is 3.74. The van der Waals surface area contributed by atoms with Crippen molar-refractivity contribution in [3.05, 3.63) is 52.0 Å². The molecule has 0 saturated heterocycles. The lowest BCUT2D eigenvalue weighted by Crippen LogP contribution is -2.26. The van der Waals surface area contributed by atoms with Gasteiger partial charge in [-0.05, 0) is 18.4 Å². The molecule has 0 aliphatic carbocycles. The number of hydrogen-bond acceptors (Lipinski definition) is 4. The molecule has 2 aromatic rings. The van der Waals surface area contributed by atoms with E-state index in [4.69, 9.17) is 15.5 Å². The number of methoxy groups -OCH3 is 1. The molecule has 1 aromatic carbocycles. The van der Waals surface area contributed by atoms with Gasteiger partial charge in [0.25, 0.3) is 0 Å². The summed E-state index contributed by atoms with van der Waals surface area (Å²) in [6.45, 7) is 4.29. The summed E-state index contributed by atoms with van der Waals surface area (Å²) in [5.74, 6) is 0. The van der Waals surface area contributed by atoms with Crippen LogP contribution < -0.4 is 5.73 Å². The van der Waals surface area contributed by atoms with Crippen molar-refractivity contribution in [3.8, 4) is 0 Å². The Morgan fingerprint density at radius 1 is 1.24 bits per heavy atom. The first kappa shape index (κ1) is 16.1. The van der Waals surface area contributed by atoms with Gasteiger partial charge in [0, 0.05) is 25.0 Å². The topological polar surface area (TPSA) is 48.1 Å². The molecule has 2 N–H and O–H groups in total. The van der Waals surface area contributed by atoms with Crippen molar-refractivity contribution in [2.45, 2.75) is 44.8 Å². The summed E-state index contributed by atoms with van der Waals surface area (Å²) in [7, 11) is 1.77. The van der Waals surface area contributed by atoms with Gasteiger partial charge in [-0.2, -0.15) is 0 Å². The highest BCUT2D eigenvalue weighted by molar-refractivity contribution is 7.09. The molecule has 114 valence electrons. The monoisotopic (exact) mass is 304 g/mol. The van der Waals surface area contributed by atoms with Gasteiger partial charge in [0.1, 0.15) is 10.6 Å². The molecular weight excluding hydrogens is 280 g/mol. The zero-order chi connectivity index (χ0) is 15.3. The van der Waals surface area contributed by atoms with E-state index in [9.17, 15) is 0 Å². The van der Waals surface area contributed by atoms with E-state index in [1.165, 1.54) is 0 Å². The molecule has 2 rings (SSSR count). The highest BCUT2D eigenvalue weighted by atomic mass is 32.1. The minimum absolute atomic E-state index is 0.0126. The van der Waals surface area contributed by atoms with Gasteiger partial charge in [0.2, 0.25) is 0 Å². The summed E-state index contributed by atoms with van der Waals surface area (Å²) in [6.07, 6.45) is 2.61. The Bertz CT molecular complexity index is 541. The van der Waals surface area contributed by atoms with Crippen LogP contribution in [0.25, 0.3) is 0 Å². The van der Waals surface area contributed by atoms with Crippen molar-refractivity contribution in [2.24, 2.45) is 5.73 Å². The summed E-state index contributed by atoms with van der Waals surface area (Å²) in [5.41, 5.74) is 8.23. The summed E-state index contributed by atoms with van der Waals surface area (Å²) in [4.78, 5) is 4.77. The van der Waals surface area contributed by atoms with Gasteiger partial charge < -0.3 is 10.5 Å². The highest BCUT2D eigenvalue weighted by Crippen LogP contribution is 2.34. The third-order valence-corrected chi connectivity index (χ3v) is 5.21. The van der Waals surface area contributed by atoms with Gasteiger partial charge in [-0.15, -0.1) is 11.3 Å². The maximum atomic E-state index is 6.28. The lowest BCUT2D eigenvalue weighted by molar-refractivity contribution is -0.0219. The molecule has 1 aromatic heterocycles. The van der Waals surface area contributed by atoms with Crippen LogP contribution in [0, 0.1) is 0 Å². The quantitative estimate of drug-likeness (QED) is 0.839. The van der Waals surface area contributed by atoms with E-state index in [0.29, 0.717) is 0 Å². The number of hydrogen-bond donors (Lipinski definition) is 1. The number of nitrogens with two attached hydrogens (primary N) is 1. The SMILES string of the molecule is CCC(CC)(OC)c1nc(CC(N)c2ccccc2)cs1. The predicted molar refractivity (Wildman–Crippen MR) is 88.5 cm³/mol. The Labute approximate surface area is 131 Å². The Morgan fingerprint density at radius 3 is 2.48 bits per heavy atom. The van der Waals surface area contributed by atoms with Crippen molar-refractivity contribution in [3.63, 3.8) is 0 Å². The van der Waals surface area contributed by atoms with Gasteiger partial charge in [-0.1, -0.05) is 44.2 Å². The summed E-state index contributed by atoms with van der Waals surface area (Å²) >= 11 is 1.68. The standard InChI is InChI=1S/C17H24N2OS/c1-4-17(5-2,20-3)16-19-14(12-21-16)11-15(18)13-9-7-6-8-10-13/h6-10,12,15H,4-5,11,18H2,1-3H3. The first-order chi connectivity index (χ1) is 10.1. The Kier molecular flexibility index (Phi) is 5.51. The molecule has 0 saturated carbocycles. The second-order valence-corrected chi connectivity index (χ2v) is 6.13. The van der Waals surface area contributed by atoms with E-state index < -0.39 is 0 Å². The Balaban J connectivity index is 2.13. The second kappa shape index (κ2) is 7.16. The average Bonchev–Trinajstić information content (AvgIpc) is 2.99. The fourth-order valence-electron chi connectivity index (χ4n) is 2.58. The van der Waals surface area contributed by atoms with Crippen molar-refractivity contribution in [2.75, 3.05) is 7.11 Å². The van der Waals surface area contributed by atoms with Crippen molar-refractivity contribution in [1.29, 1.82) is 0 Å². The molecule has 1 unspecified atom stereocenters. The molecule has 1 heterocycles. The van der Waals surface area contributed by atoms with Crippen molar-refractivity contribution < 1.29 is 4.74 Å². The lowest BCUT2D eigenvalue weighted by atomic mass is 9.98. The summed E-state index contributed by atoms with van der Waals surface area (Å²) < 4.78 is 5.74. The first-order valence-corrected chi connectivity index (χ1v) is 8.33. The number of ether oxygens (including phenoxy) is 1. The van der Waals surface area contributed by atoms with E-state index in [0.717, 1.165) is 35.5 Å². The zero-order valence-electron chi connectivity index (χ0n) is 13.0. The minimum Gasteiger partial charge on any atom is -0.371 e. The maximum absolute atomic E-state index is 6.28. The van der Waals surface area contributed by atoms with Crippen molar-refractivity contribution >= 4 is 11.3 Å². The third-order valence-electron chi connectivity index (χ3n) is 4.13. The number of aromatic nitrogens is 1. The van der Waals surface area contributed by atoms with E-state index in [1.807, 2.05) is 18.2 Å². The molecule has 3 nitrogen and oxygen atoms in total. The molecule has 21 heavy (non-hydrogen) atoms. The molecule has 0 amide bonds. The third kappa shape index (κ3) is 3.51. The van der Waals surface area contributed by atoms with Gasteiger partial charge in [0.15, 0.2) is 0 Å². The fraction of sp³-hybridized carbons (Fsp3) is 0.471. The van der Waals surface area contributed by atoms with E-state index in [-0.39, 0.29) is 11.6 Å². The van der Waals surface area contributed by atoms with E-state index in [1.54, 1.807) is 18.4 Å². The molecule has 0 bridgehead atoms. The zero-order valence-corrected chi connectivity index (χ0v) is 13.8. The first-order valence-electron chi connectivity index (χ1n) is 7.45. The van der Waals surface area contributed by atoms with E-state index in [2.05, 4.69) is 31.4 Å². The number of rotatable bonds is 7. The molecule has 0 spiro atoms. The van der Waals surface area contributed by atoms with Crippen LogP contribution in [-0.4, -0.2) is 12.1 Å². The van der Waals surface area contributed by atoms with Crippen LogP contribution in [-0.2, 0) is 16.8 Å². The predicted octanol–water partition coefficient (Wildman–Crippen LogP) is 4.05. The Hall–Kier alpha value is -1.23. The van der Waals surface area contributed by atoms with Gasteiger partial charge in [-0.3, -0.25) is 0 Å². The highest BCUT2D eigenvalue weighted by Gasteiger charge is 2.31. The van der Waals surface area contributed by atoms with E-state index >= 15 is 0 Å². The number of thiazole rings is 1. The lowest BCUT2D eigenvalue weighted by Gasteiger charge is -2.27. The van der Waals surface area contributed by atoms with Crippen LogP contribution in [0.1, 0.15) is 49.0 Å². The van der Waals surface area contributed by atoms with Crippen LogP contribution in [0.2, 0.25) is 0 Å². The van der Waals surface area contributed by atoms with Crippen LogP contribution in [0.5, 0.6) is 0 Å². The normalized spacial score (nSPS) is 13.3. The Morgan fingerprint density at radius 2 is 1.90 bits per heavy atom. The van der Waals surface area contributed by atoms with Gasteiger partial charge in [-0.25, -0.2) is 4.98 Å². The van der Waals surface area contributed by atoms with Gasteiger partial charge in [0.05, 0.1) is 5.69 Å². The summed E-state index contributed by atoms with van der Waals surface area (Å²) in [5, 5.41) is 3.17. The summed E-state index contributed by atoms with van der Waals surface area (Å²) in [6, 6.07) is 10.2. The van der Waals surface area contributed by atoms with Crippen LogP contribution in [0.4, 0.5) is 0 Å². The average molecular weight is 304 g/mol. The van der Waals surface area contributed by atoms with Crippen LogP contribution >= 0.6 is 11.3 Å². The molecular formula is C17H24N2OS. The van der Waals surface area contributed by atoms with Crippen LogP contribution in [0.3, 0.4) is 0 Å². The number of nitrogens with zero attached hydrogens (tertiary/aromatic N) is 1. The maximum Gasteiger partial charge on any atom is 0.125 e. The van der Waals surface area contributed by atoms with Crippen LogP contribution in [0.15, 0.2) is 35.7 Å². The largest absolute Gasteiger partial charge is 0.371 e. The van der Waals surface area contributed by atoms with Crippen molar-refractivity contribution in [1.82, 2.24) is 4.98 Å². The minimum atomic E-state index is -0.250. The molecule has 1 atom stereocenters. The second-order valence-electron chi connectivity index (χ2n) is 5.27. The smallest absolute Gasteiger partial charge is 0.125 e. The molecule has 4 heteroatoms. The molecule has 0 aliphatic rings. The van der Waals surface area contributed by atoms with Gasteiger partial charge >= 0.3 is 0 Å².